The Bertz CT molecular complexity index is 445. The molecule has 5 heteroatoms. The maximum absolute atomic E-state index is 6.22. The second-order valence-electron chi connectivity index (χ2n) is 5.80. The Morgan fingerprint density at radius 1 is 1.05 bits per heavy atom. The summed E-state index contributed by atoms with van der Waals surface area (Å²) in [6.07, 6.45) is 9.13. The van der Waals surface area contributed by atoms with E-state index in [9.17, 15) is 0 Å². The molecule has 1 saturated carbocycles. The number of pyridine rings is 1. The van der Waals surface area contributed by atoms with Crippen molar-refractivity contribution in [2.75, 3.05) is 23.7 Å². The monoisotopic (exact) mass is 329 g/mol. The molecule has 1 aromatic rings. The standard InChI is InChI=1S/C16H25Cl2N3/c1-2-9-19-15-13(17)11-14(18)16(21-15)20-10-8-12-6-4-3-5-7-12/h11-12H,2-10H2,1H3,(H2,19,20,21). The first-order chi connectivity index (χ1) is 10.2. The van der Waals surface area contributed by atoms with Gasteiger partial charge in [0.05, 0.1) is 10.0 Å². The summed E-state index contributed by atoms with van der Waals surface area (Å²) in [5.74, 6) is 2.30. The Morgan fingerprint density at radius 3 is 2.29 bits per heavy atom. The third kappa shape index (κ3) is 5.23. The number of nitrogens with zero attached hydrogens (tertiary/aromatic N) is 1. The molecule has 118 valence electrons. The van der Waals surface area contributed by atoms with Gasteiger partial charge in [-0.05, 0) is 24.8 Å². The highest BCUT2D eigenvalue weighted by Gasteiger charge is 2.14. The van der Waals surface area contributed by atoms with E-state index < -0.39 is 0 Å². The van der Waals surface area contributed by atoms with Crippen molar-refractivity contribution in [3.8, 4) is 0 Å². The first-order valence-corrected chi connectivity index (χ1v) is 8.80. The van der Waals surface area contributed by atoms with Gasteiger partial charge in [0.15, 0.2) is 0 Å². The molecule has 0 aromatic carbocycles. The Kier molecular flexibility index (Phi) is 6.91. The summed E-state index contributed by atoms with van der Waals surface area (Å²) in [7, 11) is 0. The van der Waals surface area contributed by atoms with Gasteiger partial charge in [0.1, 0.15) is 11.6 Å². The summed E-state index contributed by atoms with van der Waals surface area (Å²) < 4.78 is 0. The molecule has 0 bridgehead atoms. The average Bonchev–Trinajstić information content (AvgIpc) is 2.49. The lowest BCUT2D eigenvalue weighted by Gasteiger charge is -2.21. The van der Waals surface area contributed by atoms with Gasteiger partial charge in [-0.15, -0.1) is 0 Å². The highest BCUT2D eigenvalue weighted by Crippen LogP contribution is 2.30. The SMILES string of the molecule is CCCNc1nc(NCCC2CCCCC2)c(Cl)cc1Cl. The van der Waals surface area contributed by atoms with E-state index >= 15 is 0 Å². The fraction of sp³-hybridized carbons (Fsp3) is 0.688. The minimum absolute atomic E-state index is 0.575. The molecule has 2 N–H and O–H groups in total. The number of hydrogen-bond acceptors (Lipinski definition) is 3. The Labute approximate surface area is 137 Å². The molecule has 0 saturated heterocycles. The van der Waals surface area contributed by atoms with Crippen molar-refractivity contribution in [3.63, 3.8) is 0 Å². The molecule has 0 spiro atoms. The molecule has 1 aliphatic rings. The fourth-order valence-electron chi connectivity index (χ4n) is 2.83. The Hall–Kier alpha value is -0.670. The lowest BCUT2D eigenvalue weighted by Crippen LogP contribution is -2.13. The second-order valence-corrected chi connectivity index (χ2v) is 6.61. The van der Waals surface area contributed by atoms with Gasteiger partial charge in [0.25, 0.3) is 0 Å². The minimum Gasteiger partial charge on any atom is -0.369 e. The van der Waals surface area contributed by atoms with E-state index in [2.05, 4.69) is 22.5 Å². The van der Waals surface area contributed by atoms with Gasteiger partial charge >= 0.3 is 0 Å². The van der Waals surface area contributed by atoms with Gasteiger partial charge in [-0.1, -0.05) is 62.2 Å². The molecule has 0 aliphatic heterocycles. The third-order valence-electron chi connectivity index (χ3n) is 4.04. The van der Waals surface area contributed by atoms with Gasteiger partial charge in [0.2, 0.25) is 0 Å². The smallest absolute Gasteiger partial charge is 0.147 e. The second kappa shape index (κ2) is 8.70. The van der Waals surface area contributed by atoms with Crippen LogP contribution in [0.2, 0.25) is 10.0 Å². The predicted molar refractivity (Wildman–Crippen MR) is 92.7 cm³/mol. The highest BCUT2D eigenvalue weighted by atomic mass is 35.5. The zero-order valence-electron chi connectivity index (χ0n) is 12.7. The third-order valence-corrected chi connectivity index (χ3v) is 4.62. The fourth-order valence-corrected chi connectivity index (χ4v) is 3.32. The van der Waals surface area contributed by atoms with Crippen LogP contribution in [0.5, 0.6) is 0 Å². The van der Waals surface area contributed by atoms with Crippen LogP contribution in [0, 0.1) is 5.92 Å². The summed E-state index contributed by atoms with van der Waals surface area (Å²) in [5.41, 5.74) is 0. The van der Waals surface area contributed by atoms with E-state index in [1.807, 2.05) is 0 Å². The van der Waals surface area contributed by atoms with E-state index in [-0.39, 0.29) is 0 Å². The van der Waals surface area contributed by atoms with Crippen molar-refractivity contribution >= 4 is 34.8 Å². The maximum Gasteiger partial charge on any atom is 0.147 e. The maximum atomic E-state index is 6.22. The molecule has 1 aliphatic carbocycles. The normalized spacial score (nSPS) is 16.0. The summed E-state index contributed by atoms with van der Waals surface area (Å²) in [6, 6.07) is 1.76. The average molecular weight is 330 g/mol. The predicted octanol–water partition coefficient (Wildman–Crippen LogP) is 5.59. The number of halogens is 2. The van der Waals surface area contributed by atoms with Gasteiger partial charge in [-0.2, -0.15) is 0 Å². The van der Waals surface area contributed by atoms with Crippen LogP contribution in [0.4, 0.5) is 11.6 Å². The van der Waals surface area contributed by atoms with E-state index in [0.717, 1.165) is 31.2 Å². The molecule has 0 amide bonds. The van der Waals surface area contributed by atoms with Crippen LogP contribution < -0.4 is 10.6 Å². The van der Waals surface area contributed by atoms with Crippen LogP contribution in [-0.4, -0.2) is 18.1 Å². The lowest BCUT2D eigenvalue weighted by molar-refractivity contribution is 0.345. The molecule has 0 atom stereocenters. The van der Waals surface area contributed by atoms with Gasteiger partial charge < -0.3 is 10.6 Å². The van der Waals surface area contributed by atoms with Crippen molar-refractivity contribution < 1.29 is 0 Å². The molecule has 21 heavy (non-hydrogen) atoms. The molecular formula is C16H25Cl2N3. The van der Waals surface area contributed by atoms with Crippen LogP contribution in [0.15, 0.2) is 6.07 Å². The summed E-state index contributed by atoms with van der Waals surface area (Å²) in [6.45, 7) is 3.89. The quantitative estimate of drug-likeness (QED) is 0.684. The van der Waals surface area contributed by atoms with E-state index in [0.29, 0.717) is 15.9 Å². The van der Waals surface area contributed by atoms with Crippen LogP contribution in [-0.2, 0) is 0 Å². The number of aromatic nitrogens is 1. The first-order valence-electron chi connectivity index (χ1n) is 8.04. The number of rotatable bonds is 7. The summed E-state index contributed by atoms with van der Waals surface area (Å²) in [4.78, 5) is 4.51. The van der Waals surface area contributed by atoms with E-state index in [4.69, 9.17) is 23.2 Å². The van der Waals surface area contributed by atoms with Crippen molar-refractivity contribution in [1.29, 1.82) is 0 Å². The molecule has 1 heterocycles. The van der Waals surface area contributed by atoms with E-state index in [1.165, 1.54) is 38.5 Å². The Balaban J connectivity index is 1.88. The molecule has 0 radical (unpaired) electrons. The number of nitrogens with one attached hydrogen (secondary N) is 2. The topological polar surface area (TPSA) is 37.0 Å². The van der Waals surface area contributed by atoms with Crippen molar-refractivity contribution in [2.45, 2.75) is 51.9 Å². The van der Waals surface area contributed by atoms with Crippen LogP contribution in [0.3, 0.4) is 0 Å². The van der Waals surface area contributed by atoms with Crippen LogP contribution >= 0.6 is 23.2 Å². The summed E-state index contributed by atoms with van der Waals surface area (Å²) in [5, 5.41) is 7.75. The lowest BCUT2D eigenvalue weighted by atomic mass is 9.87. The van der Waals surface area contributed by atoms with Crippen molar-refractivity contribution in [1.82, 2.24) is 4.98 Å². The zero-order chi connectivity index (χ0) is 15.1. The van der Waals surface area contributed by atoms with Crippen LogP contribution in [0.1, 0.15) is 51.9 Å². The van der Waals surface area contributed by atoms with Gasteiger partial charge in [-0.25, -0.2) is 4.98 Å². The van der Waals surface area contributed by atoms with Gasteiger partial charge in [0, 0.05) is 13.1 Å². The van der Waals surface area contributed by atoms with Crippen molar-refractivity contribution in [2.24, 2.45) is 5.92 Å². The molecular weight excluding hydrogens is 305 g/mol. The number of anilines is 2. The minimum atomic E-state index is 0.575. The zero-order valence-corrected chi connectivity index (χ0v) is 14.2. The highest BCUT2D eigenvalue weighted by molar-refractivity contribution is 6.37. The summed E-state index contributed by atoms with van der Waals surface area (Å²) >= 11 is 12.4. The Morgan fingerprint density at radius 2 is 1.67 bits per heavy atom. The van der Waals surface area contributed by atoms with Gasteiger partial charge in [-0.3, -0.25) is 0 Å². The number of hydrogen-bond donors (Lipinski definition) is 2. The first kappa shape index (κ1) is 16.7. The molecule has 0 unspecified atom stereocenters. The molecule has 1 aromatic heterocycles. The molecule has 3 nitrogen and oxygen atoms in total. The molecule has 2 rings (SSSR count). The van der Waals surface area contributed by atoms with E-state index in [1.54, 1.807) is 6.07 Å². The van der Waals surface area contributed by atoms with Crippen molar-refractivity contribution in [3.05, 3.63) is 16.1 Å². The van der Waals surface area contributed by atoms with Crippen LogP contribution in [0.25, 0.3) is 0 Å². The largest absolute Gasteiger partial charge is 0.369 e. The molecule has 1 fully saturated rings.